The van der Waals surface area contributed by atoms with Crippen molar-refractivity contribution in [1.82, 2.24) is 5.43 Å². The van der Waals surface area contributed by atoms with Crippen molar-refractivity contribution in [1.29, 1.82) is 0 Å². The molecule has 0 saturated heterocycles. The lowest BCUT2D eigenvalue weighted by atomic mass is 10.1. The number of nitrogens with one attached hydrogen (secondary N) is 1. The van der Waals surface area contributed by atoms with Gasteiger partial charge in [0.25, 0.3) is 0 Å². The molecule has 0 spiro atoms. The number of carbonyl (C=O) groups is 1. The lowest BCUT2D eigenvalue weighted by Gasteiger charge is -2.36. The van der Waals surface area contributed by atoms with Crippen molar-refractivity contribution in [2.24, 2.45) is 5.84 Å². The van der Waals surface area contributed by atoms with E-state index >= 15 is 0 Å². The average molecular weight is 354 g/mol. The first kappa shape index (κ1) is 15.9. The highest BCUT2D eigenvalue weighted by Crippen LogP contribution is 2.42. The van der Waals surface area contributed by atoms with E-state index in [0.29, 0.717) is 22.0 Å². The van der Waals surface area contributed by atoms with Crippen LogP contribution in [0.2, 0.25) is 10.0 Å². The quantitative estimate of drug-likeness (QED) is 0.652. The van der Waals surface area contributed by atoms with Gasteiger partial charge in [-0.1, -0.05) is 23.2 Å². The minimum atomic E-state index is -0.671. The number of nitrogens with two attached hydrogens (primary N) is 1. The van der Waals surface area contributed by atoms with Gasteiger partial charge in [0.2, 0.25) is 0 Å². The Kier molecular flexibility index (Phi) is 4.32. The molecule has 6 nitrogen and oxygen atoms in total. The van der Waals surface area contributed by atoms with Gasteiger partial charge in [-0.3, -0.25) is 10.7 Å². The molecule has 2 aromatic carbocycles. The van der Waals surface area contributed by atoms with E-state index in [4.69, 9.17) is 38.5 Å². The second kappa shape index (κ2) is 6.25. The molecule has 0 aliphatic carbocycles. The molecule has 8 heteroatoms. The lowest BCUT2D eigenvalue weighted by Crippen LogP contribution is -2.49. The van der Waals surface area contributed by atoms with Crippen LogP contribution in [-0.2, 0) is 0 Å². The van der Waals surface area contributed by atoms with Crippen LogP contribution in [0.1, 0.15) is 11.7 Å². The van der Waals surface area contributed by atoms with Crippen LogP contribution in [0.3, 0.4) is 0 Å². The van der Waals surface area contributed by atoms with Gasteiger partial charge < -0.3 is 9.47 Å². The maximum Gasteiger partial charge on any atom is 0.421 e. The third kappa shape index (κ3) is 2.82. The maximum atomic E-state index is 12.4. The van der Waals surface area contributed by atoms with Gasteiger partial charge in [-0.2, -0.15) is 0 Å². The molecule has 0 fully saturated rings. The van der Waals surface area contributed by atoms with E-state index in [0.717, 1.165) is 0 Å². The van der Waals surface area contributed by atoms with Crippen molar-refractivity contribution in [3.05, 3.63) is 52.0 Å². The summed E-state index contributed by atoms with van der Waals surface area (Å²) in [7, 11) is 1.56. The van der Waals surface area contributed by atoms with E-state index in [1.165, 1.54) is 11.0 Å². The topological polar surface area (TPSA) is 76.8 Å². The Labute approximate surface area is 142 Å². The van der Waals surface area contributed by atoms with Crippen LogP contribution in [0.5, 0.6) is 11.5 Å². The highest BCUT2D eigenvalue weighted by Gasteiger charge is 2.36. The Bertz CT molecular complexity index is 752. The fourth-order valence-electron chi connectivity index (χ4n) is 2.43. The van der Waals surface area contributed by atoms with Gasteiger partial charge in [0.05, 0.1) is 12.1 Å². The van der Waals surface area contributed by atoms with E-state index < -0.39 is 12.3 Å². The number of nitrogens with zero attached hydrogens (tertiary/aromatic N) is 1. The zero-order valence-electron chi connectivity index (χ0n) is 12.0. The molecule has 23 heavy (non-hydrogen) atoms. The van der Waals surface area contributed by atoms with Gasteiger partial charge in [0.1, 0.15) is 11.9 Å². The first-order valence-electron chi connectivity index (χ1n) is 6.65. The van der Waals surface area contributed by atoms with Crippen molar-refractivity contribution in [2.45, 2.75) is 6.17 Å². The molecule has 3 N–H and O–H groups in total. The molecule has 1 aliphatic heterocycles. The number of hydrogen-bond acceptors (Lipinski definition) is 5. The van der Waals surface area contributed by atoms with Crippen LogP contribution < -0.4 is 25.6 Å². The van der Waals surface area contributed by atoms with Gasteiger partial charge >= 0.3 is 6.09 Å². The predicted molar refractivity (Wildman–Crippen MR) is 88.0 cm³/mol. The van der Waals surface area contributed by atoms with Crippen LogP contribution in [0.25, 0.3) is 0 Å². The van der Waals surface area contributed by atoms with Crippen molar-refractivity contribution in [3.8, 4) is 11.5 Å². The Balaban J connectivity index is 2.08. The summed E-state index contributed by atoms with van der Waals surface area (Å²) < 4.78 is 10.5. The van der Waals surface area contributed by atoms with Gasteiger partial charge in [-0.25, -0.2) is 10.2 Å². The molecule has 120 valence electrons. The van der Waals surface area contributed by atoms with E-state index in [1.54, 1.807) is 37.4 Å². The monoisotopic (exact) mass is 353 g/mol. The van der Waals surface area contributed by atoms with Crippen LogP contribution in [-0.4, -0.2) is 13.2 Å². The molecule has 1 aliphatic rings. The number of benzene rings is 2. The minimum absolute atomic E-state index is 0.244. The van der Waals surface area contributed by atoms with Crippen LogP contribution in [0.15, 0.2) is 36.4 Å². The molecular formula is C15H13Cl2N3O3. The summed E-state index contributed by atoms with van der Waals surface area (Å²) in [5, 5.41) is 0.664. The van der Waals surface area contributed by atoms with E-state index in [9.17, 15) is 4.79 Å². The molecule has 1 heterocycles. The van der Waals surface area contributed by atoms with Crippen molar-refractivity contribution >= 4 is 35.0 Å². The van der Waals surface area contributed by atoms with Crippen molar-refractivity contribution in [3.63, 3.8) is 0 Å². The second-order valence-electron chi connectivity index (χ2n) is 4.81. The zero-order chi connectivity index (χ0) is 16.6. The van der Waals surface area contributed by atoms with E-state index in [1.807, 2.05) is 0 Å². The van der Waals surface area contributed by atoms with Crippen LogP contribution in [0, 0.1) is 0 Å². The molecule has 1 amide bonds. The van der Waals surface area contributed by atoms with E-state index in [2.05, 4.69) is 5.43 Å². The first-order valence-corrected chi connectivity index (χ1v) is 7.41. The summed E-state index contributed by atoms with van der Waals surface area (Å²) in [5.41, 5.74) is 3.75. The third-order valence-electron chi connectivity index (χ3n) is 3.48. The summed E-state index contributed by atoms with van der Waals surface area (Å²) in [6.45, 7) is 0. The molecule has 1 atom stereocenters. The number of anilines is 1. The van der Waals surface area contributed by atoms with Gasteiger partial charge in [0.15, 0.2) is 5.75 Å². The highest BCUT2D eigenvalue weighted by molar-refractivity contribution is 6.36. The maximum absolute atomic E-state index is 12.4. The minimum Gasteiger partial charge on any atom is -0.497 e. The fourth-order valence-corrected chi connectivity index (χ4v) is 2.98. The molecule has 0 bridgehead atoms. The number of methoxy groups -OCH3 is 1. The first-order chi connectivity index (χ1) is 11.0. The Hall–Kier alpha value is -1.99. The number of amides is 1. The Morgan fingerprint density at radius 1 is 1.26 bits per heavy atom. The smallest absolute Gasteiger partial charge is 0.421 e. The van der Waals surface area contributed by atoms with Gasteiger partial charge in [-0.15, -0.1) is 0 Å². The van der Waals surface area contributed by atoms with Crippen molar-refractivity contribution < 1.29 is 14.3 Å². The average Bonchev–Trinajstić information content (AvgIpc) is 2.54. The van der Waals surface area contributed by atoms with Crippen molar-refractivity contribution in [2.75, 3.05) is 12.0 Å². The number of hydrogen-bond donors (Lipinski definition) is 2. The Morgan fingerprint density at radius 2 is 1.96 bits per heavy atom. The summed E-state index contributed by atoms with van der Waals surface area (Å²) in [6, 6.07) is 10.1. The number of halogens is 2. The molecule has 0 aromatic heterocycles. The SMILES string of the molecule is COc1ccc(N2C(=O)Oc3c(Cl)cc(Cl)cc3C2NN)cc1. The Morgan fingerprint density at radius 3 is 2.57 bits per heavy atom. The summed E-state index contributed by atoms with van der Waals surface area (Å²) in [5.74, 6) is 6.57. The molecule has 0 radical (unpaired) electrons. The molecule has 0 saturated carbocycles. The molecule has 2 aromatic rings. The fraction of sp³-hybridized carbons (Fsp3) is 0.133. The number of ether oxygens (including phenoxy) is 2. The highest BCUT2D eigenvalue weighted by atomic mass is 35.5. The number of fused-ring (bicyclic) bond motifs is 1. The second-order valence-corrected chi connectivity index (χ2v) is 5.65. The molecular weight excluding hydrogens is 341 g/mol. The molecule has 3 rings (SSSR count). The normalized spacial score (nSPS) is 16.8. The number of rotatable bonds is 3. The van der Waals surface area contributed by atoms with Gasteiger partial charge in [-0.05, 0) is 36.4 Å². The zero-order valence-corrected chi connectivity index (χ0v) is 13.6. The van der Waals surface area contributed by atoms with Gasteiger partial charge in [0, 0.05) is 16.3 Å². The number of hydrazine groups is 1. The third-order valence-corrected chi connectivity index (χ3v) is 3.98. The lowest BCUT2D eigenvalue weighted by molar-refractivity contribution is 0.196. The summed E-state index contributed by atoms with van der Waals surface area (Å²) in [4.78, 5) is 13.8. The summed E-state index contributed by atoms with van der Waals surface area (Å²) >= 11 is 12.1. The standard InChI is InChI=1S/C15H13Cl2N3O3/c1-22-10-4-2-9(3-5-10)20-14(19-18)11-6-8(16)7-12(17)13(11)23-15(20)21/h2-7,14,19H,18H2,1H3. The summed E-state index contributed by atoms with van der Waals surface area (Å²) in [6.07, 6.45) is -1.27. The van der Waals surface area contributed by atoms with E-state index in [-0.39, 0.29) is 10.8 Å². The van der Waals surface area contributed by atoms with Crippen LogP contribution >= 0.6 is 23.2 Å². The van der Waals surface area contributed by atoms with Crippen LogP contribution in [0.4, 0.5) is 10.5 Å². The molecule has 1 unspecified atom stereocenters. The number of carbonyl (C=O) groups excluding carboxylic acids is 1. The largest absolute Gasteiger partial charge is 0.497 e. The predicted octanol–water partition coefficient (Wildman–Crippen LogP) is 3.48.